The first-order valence-corrected chi connectivity index (χ1v) is 7.85. The molecule has 1 aromatic heterocycles. The fourth-order valence-corrected chi connectivity index (χ4v) is 3.68. The summed E-state index contributed by atoms with van der Waals surface area (Å²) in [5.41, 5.74) is 1.20. The second-order valence-corrected chi connectivity index (χ2v) is 5.79. The van der Waals surface area contributed by atoms with E-state index in [1.54, 1.807) is 6.33 Å². The number of anilines is 2. The average Bonchev–Trinajstić information content (AvgIpc) is 2.90. The normalized spacial score (nSPS) is 26.3. The molecular weight excluding hydrogens is 250 g/mol. The van der Waals surface area contributed by atoms with Crippen LogP contribution in [0.1, 0.15) is 38.2 Å². The molecule has 2 N–H and O–H groups in total. The zero-order valence-corrected chi connectivity index (χ0v) is 12.5. The Morgan fingerprint density at radius 1 is 1.20 bits per heavy atom. The van der Waals surface area contributed by atoms with E-state index in [2.05, 4.69) is 32.4 Å². The van der Waals surface area contributed by atoms with Crippen LogP contribution < -0.4 is 10.6 Å². The molecule has 5 heteroatoms. The van der Waals surface area contributed by atoms with Crippen LogP contribution in [-0.2, 0) is 6.42 Å². The summed E-state index contributed by atoms with van der Waals surface area (Å²) in [6.07, 6.45) is 7.88. The molecule has 0 radical (unpaired) electrons. The van der Waals surface area contributed by atoms with E-state index in [9.17, 15) is 0 Å². The second-order valence-electron chi connectivity index (χ2n) is 5.79. The quantitative estimate of drug-likeness (QED) is 0.881. The molecule has 110 valence electrons. The van der Waals surface area contributed by atoms with Crippen molar-refractivity contribution < 1.29 is 0 Å². The number of fused-ring (bicyclic) bond motifs is 1. The maximum absolute atomic E-state index is 4.48. The molecule has 2 unspecified atom stereocenters. The minimum absolute atomic E-state index is 0.542. The lowest BCUT2D eigenvalue weighted by Gasteiger charge is -2.33. The summed E-state index contributed by atoms with van der Waals surface area (Å²) in [5, 5.41) is 6.87. The van der Waals surface area contributed by atoms with Crippen LogP contribution in [-0.4, -0.2) is 47.1 Å². The van der Waals surface area contributed by atoms with Crippen LogP contribution in [0.3, 0.4) is 0 Å². The van der Waals surface area contributed by atoms with E-state index in [1.807, 2.05) is 7.05 Å². The van der Waals surface area contributed by atoms with Crippen LogP contribution in [0.25, 0.3) is 0 Å². The Bertz CT molecular complexity index is 462. The van der Waals surface area contributed by atoms with Crippen molar-refractivity contribution in [2.45, 2.75) is 51.1 Å². The molecule has 5 nitrogen and oxygen atoms in total. The van der Waals surface area contributed by atoms with Gasteiger partial charge in [0.05, 0.1) is 0 Å². The minimum Gasteiger partial charge on any atom is -0.373 e. The number of rotatable bonds is 4. The van der Waals surface area contributed by atoms with Crippen molar-refractivity contribution in [2.24, 2.45) is 0 Å². The van der Waals surface area contributed by atoms with Gasteiger partial charge in [-0.25, -0.2) is 9.97 Å². The first kappa shape index (κ1) is 13.6. The maximum Gasteiger partial charge on any atom is 0.134 e. The van der Waals surface area contributed by atoms with Crippen LogP contribution in [0, 0.1) is 0 Å². The lowest BCUT2D eigenvalue weighted by molar-refractivity contribution is 0.192. The molecule has 0 spiro atoms. The third-order valence-corrected chi connectivity index (χ3v) is 4.71. The van der Waals surface area contributed by atoms with E-state index in [-0.39, 0.29) is 0 Å². The molecule has 0 amide bonds. The lowest BCUT2D eigenvalue weighted by Crippen LogP contribution is -2.42. The number of aromatic nitrogens is 2. The van der Waals surface area contributed by atoms with Gasteiger partial charge in [0.25, 0.3) is 0 Å². The van der Waals surface area contributed by atoms with Crippen molar-refractivity contribution in [3.8, 4) is 0 Å². The van der Waals surface area contributed by atoms with Crippen LogP contribution in [0.4, 0.5) is 11.6 Å². The topological polar surface area (TPSA) is 53.1 Å². The molecule has 2 fully saturated rings. The summed E-state index contributed by atoms with van der Waals surface area (Å²) >= 11 is 0. The van der Waals surface area contributed by atoms with Gasteiger partial charge >= 0.3 is 0 Å². The van der Waals surface area contributed by atoms with Crippen molar-refractivity contribution in [2.75, 3.05) is 30.8 Å². The molecular formula is C15H25N5. The predicted octanol–water partition coefficient (Wildman–Crippen LogP) is 2.12. The molecule has 20 heavy (non-hydrogen) atoms. The highest BCUT2D eigenvalue weighted by Gasteiger charge is 2.35. The van der Waals surface area contributed by atoms with E-state index < -0.39 is 0 Å². The number of nitrogens with one attached hydrogen (secondary N) is 2. The zero-order chi connectivity index (χ0) is 13.9. The van der Waals surface area contributed by atoms with Crippen LogP contribution in [0.15, 0.2) is 6.33 Å². The van der Waals surface area contributed by atoms with E-state index >= 15 is 0 Å². The zero-order valence-electron chi connectivity index (χ0n) is 12.5. The van der Waals surface area contributed by atoms with E-state index in [1.165, 1.54) is 44.3 Å². The third kappa shape index (κ3) is 2.46. The van der Waals surface area contributed by atoms with Crippen LogP contribution >= 0.6 is 0 Å². The Labute approximate surface area is 121 Å². The SMILES string of the molecule is CCc1c(NC)ncnc1NC1CCN2CCCCC12. The van der Waals surface area contributed by atoms with Gasteiger partial charge in [-0.3, -0.25) is 4.90 Å². The molecule has 2 aliphatic rings. The molecule has 3 heterocycles. The fourth-order valence-electron chi connectivity index (χ4n) is 3.68. The van der Waals surface area contributed by atoms with Crippen molar-refractivity contribution >= 4 is 11.6 Å². The minimum atomic E-state index is 0.542. The van der Waals surface area contributed by atoms with Crippen molar-refractivity contribution in [3.63, 3.8) is 0 Å². The van der Waals surface area contributed by atoms with E-state index in [0.717, 1.165) is 18.1 Å². The first-order valence-electron chi connectivity index (χ1n) is 7.85. The highest BCUT2D eigenvalue weighted by molar-refractivity contribution is 5.57. The van der Waals surface area contributed by atoms with Crippen LogP contribution in [0.5, 0.6) is 0 Å². The smallest absolute Gasteiger partial charge is 0.134 e. The van der Waals surface area contributed by atoms with E-state index in [4.69, 9.17) is 0 Å². The van der Waals surface area contributed by atoms with Crippen molar-refractivity contribution in [3.05, 3.63) is 11.9 Å². The van der Waals surface area contributed by atoms with Gasteiger partial charge in [0, 0.05) is 31.2 Å². The van der Waals surface area contributed by atoms with Gasteiger partial charge in [0.15, 0.2) is 0 Å². The summed E-state index contributed by atoms with van der Waals surface area (Å²) in [4.78, 5) is 11.4. The number of hydrogen-bond donors (Lipinski definition) is 2. The Balaban J connectivity index is 1.77. The van der Waals surface area contributed by atoms with Gasteiger partial charge in [-0.05, 0) is 32.2 Å². The number of piperidine rings is 1. The highest BCUT2D eigenvalue weighted by Crippen LogP contribution is 2.30. The Morgan fingerprint density at radius 2 is 2.05 bits per heavy atom. The van der Waals surface area contributed by atoms with Gasteiger partial charge in [-0.2, -0.15) is 0 Å². The van der Waals surface area contributed by atoms with Crippen molar-refractivity contribution in [1.82, 2.24) is 14.9 Å². The summed E-state index contributed by atoms with van der Waals surface area (Å²) in [6, 6.07) is 1.24. The summed E-state index contributed by atoms with van der Waals surface area (Å²) < 4.78 is 0. The first-order chi connectivity index (χ1) is 9.83. The molecule has 0 aromatic carbocycles. The monoisotopic (exact) mass is 275 g/mol. The van der Waals surface area contributed by atoms with Gasteiger partial charge in [-0.15, -0.1) is 0 Å². The van der Waals surface area contributed by atoms with Crippen molar-refractivity contribution in [1.29, 1.82) is 0 Å². The van der Waals surface area contributed by atoms with Gasteiger partial charge < -0.3 is 10.6 Å². The average molecular weight is 275 g/mol. The molecule has 0 saturated carbocycles. The summed E-state index contributed by atoms with van der Waals surface area (Å²) in [5.74, 6) is 1.97. The second kappa shape index (κ2) is 5.95. The molecule has 1 aromatic rings. The lowest BCUT2D eigenvalue weighted by atomic mass is 9.99. The summed E-state index contributed by atoms with van der Waals surface area (Å²) in [6.45, 7) is 4.66. The van der Waals surface area contributed by atoms with Gasteiger partial charge in [0.2, 0.25) is 0 Å². The van der Waals surface area contributed by atoms with E-state index in [0.29, 0.717) is 12.1 Å². The molecule has 3 rings (SSSR count). The maximum atomic E-state index is 4.48. The molecule has 2 saturated heterocycles. The largest absolute Gasteiger partial charge is 0.373 e. The predicted molar refractivity (Wildman–Crippen MR) is 82.2 cm³/mol. The Kier molecular flexibility index (Phi) is 4.05. The number of hydrogen-bond acceptors (Lipinski definition) is 5. The molecule has 2 aliphatic heterocycles. The van der Waals surface area contributed by atoms with Crippen LogP contribution in [0.2, 0.25) is 0 Å². The standard InChI is InChI=1S/C15H25N5/c1-3-11-14(16-2)17-10-18-15(11)19-12-7-9-20-8-5-4-6-13(12)20/h10,12-13H,3-9H2,1-2H3,(H2,16,17,18,19). The number of nitrogens with zero attached hydrogens (tertiary/aromatic N) is 3. The Morgan fingerprint density at radius 3 is 2.85 bits per heavy atom. The fraction of sp³-hybridized carbons (Fsp3) is 0.733. The highest BCUT2D eigenvalue weighted by atomic mass is 15.2. The molecule has 0 bridgehead atoms. The van der Waals surface area contributed by atoms with Gasteiger partial charge in [-0.1, -0.05) is 13.3 Å². The van der Waals surface area contributed by atoms with Gasteiger partial charge in [0.1, 0.15) is 18.0 Å². The molecule has 0 aliphatic carbocycles. The third-order valence-electron chi connectivity index (χ3n) is 4.71. The Hall–Kier alpha value is -1.36. The molecule has 2 atom stereocenters. The summed E-state index contributed by atoms with van der Waals surface area (Å²) in [7, 11) is 1.92.